The molecule has 0 aromatic heterocycles. The molecule has 6 heteroatoms. The maximum absolute atomic E-state index is 12.4. The molecule has 1 aromatic rings. The molecule has 2 amide bonds. The van der Waals surface area contributed by atoms with Gasteiger partial charge in [0, 0.05) is 30.1 Å². The van der Waals surface area contributed by atoms with Gasteiger partial charge in [-0.1, -0.05) is 11.6 Å². The van der Waals surface area contributed by atoms with Crippen molar-refractivity contribution in [3.05, 3.63) is 28.8 Å². The molecule has 0 saturated carbocycles. The van der Waals surface area contributed by atoms with Gasteiger partial charge in [-0.25, -0.2) is 0 Å². The first-order chi connectivity index (χ1) is 10.4. The summed E-state index contributed by atoms with van der Waals surface area (Å²) in [5.74, 6) is -0.330. The minimum Gasteiger partial charge on any atom is -0.507 e. The fourth-order valence-electron chi connectivity index (χ4n) is 2.60. The number of rotatable bonds is 3. The van der Waals surface area contributed by atoms with Crippen molar-refractivity contribution in [2.24, 2.45) is 5.92 Å². The summed E-state index contributed by atoms with van der Waals surface area (Å²) in [6.45, 7) is 4.86. The third-order valence-electron chi connectivity index (χ3n) is 3.77. The number of nitrogens with zero attached hydrogens (tertiary/aromatic N) is 1. The molecule has 5 nitrogen and oxygen atoms in total. The number of piperidine rings is 1. The summed E-state index contributed by atoms with van der Waals surface area (Å²) in [6, 6.07) is 4.54. The third-order valence-corrected chi connectivity index (χ3v) is 4.01. The zero-order chi connectivity index (χ0) is 16.3. The van der Waals surface area contributed by atoms with Crippen molar-refractivity contribution in [1.29, 1.82) is 0 Å². The summed E-state index contributed by atoms with van der Waals surface area (Å²) < 4.78 is 0. The maximum Gasteiger partial charge on any atom is 0.257 e. The van der Waals surface area contributed by atoms with Gasteiger partial charge in [-0.15, -0.1) is 0 Å². The summed E-state index contributed by atoms with van der Waals surface area (Å²) in [6.07, 6.45) is 1.26. The lowest BCUT2D eigenvalue weighted by molar-refractivity contribution is -0.126. The fourth-order valence-corrected chi connectivity index (χ4v) is 2.77. The van der Waals surface area contributed by atoms with E-state index < -0.39 is 0 Å². The fraction of sp³-hybridized carbons (Fsp3) is 0.500. The largest absolute Gasteiger partial charge is 0.507 e. The lowest BCUT2D eigenvalue weighted by atomic mass is 9.95. The van der Waals surface area contributed by atoms with Crippen LogP contribution in [-0.2, 0) is 4.79 Å². The van der Waals surface area contributed by atoms with Gasteiger partial charge >= 0.3 is 0 Å². The molecule has 0 unspecified atom stereocenters. The number of amides is 2. The standard InChI is InChI=1S/C16H21ClN2O3/c1-10(2)18-15(21)11-5-7-19(8-6-11)16(22)13-9-12(17)3-4-14(13)20/h3-4,9-11,20H,5-8H2,1-2H3,(H,18,21). The molecule has 2 rings (SSSR count). The van der Waals surface area contributed by atoms with Crippen LogP contribution in [0.25, 0.3) is 0 Å². The Labute approximate surface area is 135 Å². The molecule has 0 aliphatic carbocycles. The second-order valence-corrected chi connectivity index (χ2v) is 6.33. The molecule has 2 N–H and O–H groups in total. The Kier molecular flexibility index (Phi) is 5.29. The van der Waals surface area contributed by atoms with E-state index in [9.17, 15) is 14.7 Å². The number of phenolic OH excluding ortho intramolecular Hbond substituents is 1. The lowest BCUT2D eigenvalue weighted by Gasteiger charge is -2.32. The smallest absolute Gasteiger partial charge is 0.257 e. The van der Waals surface area contributed by atoms with E-state index in [-0.39, 0.29) is 35.1 Å². The van der Waals surface area contributed by atoms with Crippen molar-refractivity contribution in [1.82, 2.24) is 10.2 Å². The summed E-state index contributed by atoms with van der Waals surface area (Å²) >= 11 is 5.88. The quantitative estimate of drug-likeness (QED) is 0.897. The van der Waals surface area contributed by atoms with Crippen LogP contribution in [0.2, 0.25) is 5.02 Å². The number of aromatic hydroxyl groups is 1. The summed E-state index contributed by atoms with van der Waals surface area (Å²) in [7, 11) is 0. The van der Waals surface area contributed by atoms with Gasteiger partial charge in [0.15, 0.2) is 0 Å². The van der Waals surface area contributed by atoms with Crippen LogP contribution in [0.3, 0.4) is 0 Å². The topological polar surface area (TPSA) is 69.6 Å². The van der Waals surface area contributed by atoms with Crippen LogP contribution in [0.15, 0.2) is 18.2 Å². The van der Waals surface area contributed by atoms with Crippen molar-refractivity contribution < 1.29 is 14.7 Å². The minimum absolute atomic E-state index is 0.0488. The molecule has 0 radical (unpaired) electrons. The van der Waals surface area contributed by atoms with Gasteiger partial charge in [-0.3, -0.25) is 9.59 Å². The molecule has 1 aliphatic heterocycles. The molecule has 1 aliphatic rings. The number of nitrogens with one attached hydrogen (secondary N) is 1. The van der Waals surface area contributed by atoms with E-state index in [1.54, 1.807) is 4.90 Å². The van der Waals surface area contributed by atoms with Gasteiger partial charge in [-0.05, 0) is 44.9 Å². The first-order valence-electron chi connectivity index (χ1n) is 7.46. The second-order valence-electron chi connectivity index (χ2n) is 5.89. The first kappa shape index (κ1) is 16.6. The number of carbonyl (C=O) groups is 2. The molecule has 22 heavy (non-hydrogen) atoms. The van der Waals surface area contributed by atoms with Crippen LogP contribution in [0.4, 0.5) is 0 Å². The minimum atomic E-state index is -0.247. The lowest BCUT2D eigenvalue weighted by Crippen LogP contribution is -2.44. The van der Waals surface area contributed by atoms with E-state index >= 15 is 0 Å². The molecular weight excluding hydrogens is 304 g/mol. The highest BCUT2D eigenvalue weighted by Gasteiger charge is 2.28. The van der Waals surface area contributed by atoms with Crippen LogP contribution >= 0.6 is 11.6 Å². The van der Waals surface area contributed by atoms with Crippen molar-refractivity contribution in [3.63, 3.8) is 0 Å². The summed E-state index contributed by atoms with van der Waals surface area (Å²) in [5, 5.41) is 13.1. The van der Waals surface area contributed by atoms with E-state index in [0.29, 0.717) is 31.0 Å². The molecule has 1 fully saturated rings. The molecule has 0 bridgehead atoms. The first-order valence-corrected chi connectivity index (χ1v) is 7.84. The van der Waals surface area contributed by atoms with Crippen molar-refractivity contribution in [2.75, 3.05) is 13.1 Å². The number of hydrogen-bond donors (Lipinski definition) is 2. The Morgan fingerprint density at radius 1 is 1.32 bits per heavy atom. The Bertz CT molecular complexity index is 567. The van der Waals surface area contributed by atoms with Gasteiger partial charge in [-0.2, -0.15) is 0 Å². The number of phenols is 1. The van der Waals surface area contributed by atoms with Crippen LogP contribution in [-0.4, -0.2) is 41.0 Å². The number of carbonyl (C=O) groups excluding carboxylic acids is 2. The van der Waals surface area contributed by atoms with Crippen LogP contribution in [0, 0.1) is 5.92 Å². The van der Waals surface area contributed by atoms with Gasteiger partial charge < -0.3 is 15.3 Å². The Hall–Kier alpha value is -1.75. The molecule has 0 spiro atoms. The molecule has 1 saturated heterocycles. The zero-order valence-corrected chi connectivity index (χ0v) is 13.6. The Balaban J connectivity index is 1.98. The average molecular weight is 325 g/mol. The average Bonchev–Trinajstić information content (AvgIpc) is 2.48. The zero-order valence-electron chi connectivity index (χ0n) is 12.8. The van der Waals surface area contributed by atoms with Crippen molar-refractivity contribution >= 4 is 23.4 Å². The summed E-state index contributed by atoms with van der Waals surface area (Å²) in [5.41, 5.74) is 0.206. The number of halogens is 1. The van der Waals surface area contributed by atoms with Gasteiger partial charge in [0.2, 0.25) is 5.91 Å². The highest BCUT2D eigenvalue weighted by atomic mass is 35.5. The highest BCUT2D eigenvalue weighted by Crippen LogP contribution is 2.25. The monoisotopic (exact) mass is 324 g/mol. The van der Waals surface area contributed by atoms with E-state index in [4.69, 9.17) is 11.6 Å². The Morgan fingerprint density at radius 3 is 2.55 bits per heavy atom. The predicted molar refractivity (Wildman–Crippen MR) is 85.0 cm³/mol. The van der Waals surface area contributed by atoms with Crippen molar-refractivity contribution in [3.8, 4) is 5.75 Å². The van der Waals surface area contributed by atoms with Crippen molar-refractivity contribution in [2.45, 2.75) is 32.7 Å². The maximum atomic E-state index is 12.4. The van der Waals surface area contributed by atoms with Crippen LogP contribution < -0.4 is 5.32 Å². The summed E-state index contributed by atoms with van der Waals surface area (Å²) in [4.78, 5) is 26.1. The van der Waals surface area contributed by atoms with E-state index in [1.165, 1.54) is 18.2 Å². The molecule has 1 heterocycles. The van der Waals surface area contributed by atoms with Crippen LogP contribution in [0.1, 0.15) is 37.0 Å². The molecule has 120 valence electrons. The van der Waals surface area contributed by atoms with Gasteiger partial charge in [0.25, 0.3) is 5.91 Å². The van der Waals surface area contributed by atoms with E-state index in [0.717, 1.165) is 0 Å². The second kappa shape index (κ2) is 7.01. The number of likely N-dealkylation sites (tertiary alicyclic amines) is 1. The highest BCUT2D eigenvalue weighted by molar-refractivity contribution is 6.31. The number of hydrogen-bond acceptors (Lipinski definition) is 3. The van der Waals surface area contributed by atoms with E-state index in [1.807, 2.05) is 13.8 Å². The molecule has 1 aromatic carbocycles. The molecule has 0 atom stereocenters. The van der Waals surface area contributed by atoms with E-state index in [2.05, 4.69) is 5.32 Å². The molecular formula is C16H21ClN2O3. The normalized spacial score (nSPS) is 15.9. The number of benzene rings is 1. The SMILES string of the molecule is CC(C)NC(=O)C1CCN(C(=O)c2cc(Cl)ccc2O)CC1. The van der Waals surface area contributed by atoms with Gasteiger partial charge in [0.1, 0.15) is 5.75 Å². The Morgan fingerprint density at radius 2 is 1.95 bits per heavy atom. The van der Waals surface area contributed by atoms with Gasteiger partial charge in [0.05, 0.1) is 5.56 Å². The predicted octanol–water partition coefficient (Wildman–Crippen LogP) is 2.42. The third kappa shape index (κ3) is 3.91. The van der Waals surface area contributed by atoms with Crippen LogP contribution in [0.5, 0.6) is 5.75 Å².